The van der Waals surface area contributed by atoms with Crippen molar-refractivity contribution >= 4 is 33.2 Å². The Morgan fingerprint density at radius 1 is 1.11 bits per heavy atom. The third-order valence-electron chi connectivity index (χ3n) is 4.08. The number of sulfonamides is 1. The number of benzene rings is 2. The van der Waals surface area contributed by atoms with Crippen molar-refractivity contribution in [1.82, 2.24) is 5.32 Å². The van der Waals surface area contributed by atoms with Crippen LogP contribution >= 0.6 is 0 Å². The fraction of sp³-hybridized carbons (Fsp3) is 0.263. The van der Waals surface area contributed by atoms with Crippen molar-refractivity contribution in [1.29, 1.82) is 0 Å². The summed E-state index contributed by atoms with van der Waals surface area (Å²) in [7, 11) is -0.358. The predicted octanol–water partition coefficient (Wildman–Crippen LogP) is 1.47. The minimum Gasteiger partial charge on any atom is -0.376 e. The van der Waals surface area contributed by atoms with Crippen LogP contribution in [-0.4, -0.2) is 40.9 Å². The number of hydrogen-bond acceptors (Lipinski definition) is 5. The normalized spacial score (nSPS) is 11.0. The molecule has 0 heterocycles. The SMILES string of the molecule is Cc1ccccc1C(=O)NCCC(=O)Nc1cc(S(N)(=O)=O)ccc1N(C)C. The third kappa shape index (κ3) is 5.54. The molecule has 9 heteroatoms. The molecule has 0 fully saturated rings. The van der Waals surface area contributed by atoms with Crippen LogP contribution in [-0.2, 0) is 14.8 Å². The van der Waals surface area contributed by atoms with E-state index >= 15 is 0 Å². The van der Waals surface area contributed by atoms with Crippen LogP contribution in [0.3, 0.4) is 0 Å². The first-order valence-electron chi connectivity index (χ1n) is 8.57. The third-order valence-corrected chi connectivity index (χ3v) is 4.99. The van der Waals surface area contributed by atoms with E-state index in [0.717, 1.165) is 5.56 Å². The molecule has 150 valence electrons. The van der Waals surface area contributed by atoms with E-state index in [0.29, 0.717) is 16.9 Å². The van der Waals surface area contributed by atoms with Crippen molar-refractivity contribution < 1.29 is 18.0 Å². The van der Waals surface area contributed by atoms with Gasteiger partial charge in [-0.05, 0) is 36.8 Å². The van der Waals surface area contributed by atoms with Gasteiger partial charge in [0.2, 0.25) is 15.9 Å². The number of primary sulfonamides is 1. The van der Waals surface area contributed by atoms with Crippen LogP contribution in [0.4, 0.5) is 11.4 Å². The average molecular weight is 404 g/mol. The number of nitrogens with one attached hydrogen (secondary N) is 2. The number of aryl methyl sites for hydroxylation is 1. The first-order chi connectivity index (χ1) is 13.1. The minimum absolute atomic E-state index is 0.0318. The molecular formula is C19H24N4O4S. The van der Waals surface area contributed by atoms with Crippen LogP contribution in [0.25, 0.3) is 0 Å². The number of rotatable bonds is 7. The summed E-state index contributed by atoms with van der Waals surface area (Å²) >= 11 is 0. The Labute approximate surface area is 164 Å². The molecule has 0 aliphatic rings. The quantitative estimate of drug-likeness (QED) is 0.645. The summed E-state index contributed by atoms with van der Waals surface area (Å²) in [5, 5.41) is 10.5. The van der Waals surface area contributed by atoms with E-state index in [1.165, 1.54) is 12.1 Å². The molecule has 0 saturated heterocycles. The van der Waals surface area contributed by atoms with Gasteiger partial charge in [0, 0.05) is 32.6 Å². The van der Waals surface area contributed by atoms with E-state index in [9.17, 15) is 18.0 Å². The molecular weight excluding hydrogens is 380 g/mol. The van der Waals surface area contributed by atoms with Crippen LogP contribution in [0, 0.1) is 6.92 Å². The van der Waals surface area contributed by atoms with Crippen LogP contribution in [0.5, 0.6) is 0 Å². The second kappa shape index (κ2) is 8.85. The van der Waals surface area contributed by atoms with Gasteiger partial charge in [-0.1, -0.05) is 18.2 Å². The first-order valence-corrected chi connectivity index (χ1v) is 10.1. The largest absolute Gasteiger partial charge is 0.376 e. The maximum Gasteiger partial charge on any atom is 0.251 e. The lowest BCUT2D eigenvalue weighted by Crippen LogP contribution is -2.28. The highest BCUT2D eigenvalue weighted by atomic mass is 32.2. The number of nitrogens with zero attached hydrogens (tertiary/aromatic N) is 1. The number of anilines is 2. The molecule has 0 bridgehead atoms. The Hall–Kier alpha value is -2.91. The van der Waals surface area contributed by atoms with Crippen molar-refractivity contribution in [2.24, 2.45) is 5.14 Å². The number of amides is 2. The lowest BCUT2D eigenvalue weighted by atomic mass is 10.1. The second-order valence-electron chi connectivity index (χ2n) is 6.49. The van der Waals surface area contributed by atoms with Gasteiger partial charge in [-0.15, -0.1) is 0 Å². The van der Waals surface area contributed by atoms with Crippen LogP contribution in [0.1, 0.15) is 22.3 Å². The zero-order valence-corrected chi connectivity index (χ0v) is 16.8. The summed E-state index contributed by atoms with van der Waals surface area (Å²) < 4.78 is 23.1. The van der Waals surface area contributed by atoms with E-state index < -0.39 is 10.0 Å². The molecule has 0 saturated carbocycles. The summed E-state index contributed by atoms with van der Waals surface area (Å²) in [5.41, 5.74) is 2.36. The molecule has 8 nitrogen and oxygen atoms in total. The number of carbonyl (C=O) groups is 2. The Morgan fingerprint density at radius 3 is 2.39 bits per heavy atom. The lowest BCUT2D eigenvalue weighted by molar-refractivity contribution is -0.116. The van der Waals surface area contributed by atoms with Crippen molar-refractivity contribution in [3.63, 3.8) is 0 Å². The molecule has 0 atom stereocenters. The smallest absolute Gasteiger partial charge is 0.251 e. The summed E-state index contributed by atoms with van der Waals surface area (Å²) in [6, 6.07) is 11.4. The highest BCUT2D eigenvalue weighted by Crippen LogP contribution is 2.27. The molecule has 2 rings (SSSR count). The van der Waals surface area contributed by atoms with E-state index in [-0.39, 0.29) is 29.7 Å². The van der Waals surface area contributed by atoms with Gasteiger partial charge in [-0.2, -0.15) is 0 Å². The van der Waals surface area contributed by atoms with Gasteiger partial charge in [-0.3, -0.25) is 9.59 Å². The highest BCUT2D eigenvalue weighted by molar-refractivity contribution is 7.89. The second-order valence-corrected chi connectivity index (χ2v) is 8.05. The summed E-state index contributed by atoms with van der Waals surface area (Å²) in [6.07, 6.45) is 0.0318. The average Bonchev–Trinajstić information content (AvgIpc) is 2.61. The van der Waals surface area contributed by atoms with Gasteiger partial charge in [0.15, 0.2) is 0 Å². The van der Waals surface area contributed by atoms with E-state index in [4.69, 9.17) is 5.14 Å². The number of carbonyl (C=O) groups excluding carboxylic acids is 2. The van der Waals surface area contributed by atoms with E-state index in [1.807, 2.05) is 19.1 Å². The van der Waals surface area contributed by atoms with Gasteiger partial charge in [0.25, 0.3) is 5.91 Å². The van der Waals surface area contributed by atoms with Crippen LogP contribution in [0.2, 0.25) is 0 Å². The molecule has 0 unspecified atom stereocenters. The molecule has 0 aliphatic carbocycles. The van der Waals surface area contributed by atoms with Crippen molar-refractivity contribution in [2.45, 2.75) is 18.2 Å². The maximum absolute atomic E-state index is 12.3. The van der Waals surface area contributed by atoms with Crippen molar-refractivity contribution in [3.8, 4) is 0 Å². The summed E-state index contributed by atoms with van der Waals surface area (Å²) in [4.78, 5) is 26.1. The van der Waals surface area contributed by atoms with Crippen LogP contribution in [0.15, 0.2) is 47.4 Å². The molecule has 2 aromatic rings. The lowest BCUT2D eigenvalue weighted by Gasteiger charge is -2.19. The number of nitrogens with two attached hydrogens (primary N) is 1. The monoisotopic (exact) mass is 404 g/mol. The van der Waals surface area contributed by atoms with Crippen LogP contribution < -0.4 is 20.7 Å². The molecule has 2 aromatic carbocycles. The van der Waals surface area contributed by atoms with E-state index in [2.05, 4.69) is 10.6 Å². The Balaban J connectivity index is 2.02. The highest BCUT2D eigenvalue weighted by Gasteiger charge is 2.15. The Bertz CT molecular complexity index is 987. The standard InChI is InChI=1S/C19H24N4O4S/c1-13-6-4-5-7-15(13)19(25)21-11-10-18(24)22-16-12-14(28(20,26)27)8-9-17(16)23(2)3/h4-9,12H,10-11H2,1-3H3,(H,21,25)(H,22,24)(H2,20,26,27). The molecule has 0 radical (unpaired) electrons. The molecule has 0 aliphatic heterocycles. The maximum atomic E-state index is 12.3. The fourth-order valence-electron chi connectivity index (χ4n) is 2.61. The van der Waals surface area contributed by atoms with Gasteiger partial charge in [0.05, 0.1) is 16.3 Å². The predicted molar refractivity (Wildman–Crippen MR) is 109 cm³/mol. The Morgan fingerprint density at radius 2 is 1.79 bits per heavy atom. The molecule has 0 aromatic heterocycles. The van der Waals surface area contributed by atoms with Gasteiger partial charge in [-0.25, -0.2) is 13.6 Å². The molecule has 28 heavy (non-hydrogen) atoms. The topological polar surface area (TPSA) is 122 Å². The minimum atomic E-state index is -3.89. The molecule has 2 amide bonds. The number of hydrogen-bond donors (Lipinski definition) is 3. The zero-order valence-electron chi connectivity index (χ0n) is 16.0. The zero-order chi connectivity index (χ0) is 20.9. The fourth-order valence-corrected chi connectivity index (χ4v) is 3.15. The summed E-state index contributed by atoms with van der Waals surface area (Å²) in [6.45, 7) is 1.98. The Kier molecular flexibility index (Phi) is 6.76. The summed E-state index contributed by atoms with van der Waals surface area (Å²) in [5.74, 6) is -0.615. The van der Waals surface area contributed by atoms with E-state index in [1.54, 1.807) is 37.2 Å². The van der Waals surface area contributed by atoms with Gasteiger partial charge in [0.1, 0.15) is 0 Å². The van der Waals surface area contributed by atoms with Gasteiger partial charge >= 0.3 is 0 Å². The molecule has 0 spiro atoms. The molecule has 4 N–H and O–H groups in total. The van der Waals surface area contributed by atoms with Crippen molar-refractivity contribution in [3.05, 3.63) is 53.6 Å². The van der Waals surface area contributed by atoms with Crippen molar-refractivity contribution in [2.75, 3.05) is 30.9 Å². The van der Waals surface area contributed by atoms with Gasteiger partial charge < -0.3 is 15.5 Å². The first kappa shape index (κ1) is 21.4.